The Morgan fingerprint density at radius 3 is 2.77 bits per heavy atom. The van der Waals surface area contributed by atoms with E-state index in [1.54, 1.807) is 0 Å². The molecule has 1 amide bonds. The normalized spacial score (nSPS) is 22.3. The minimum atomic E-state index is -0.363. The molecule has 4 heteroatoms. The minimum absolute atomic E-state index is 0.100. The lowest BCUT2D eigenvalue weighted by molar-refractivity contribution is -0.139. The molecular weight excluding hydrogens is 170 g/mol. The van der Waals surface area contributed by atoms with E-state index in [4.69, 9.17) is 4.74 Å². The van der Waals surface area contributed by atoms with Crippen LogP contribution in [0.2, 0.25) is 0 Å². The molecule has 74 valence electrons. The van der Waals surface area contributed by atoms with Crippen molar-refractivity contribution in [1.29, 1.82) is 0 Å². The zero-order chi connectivity index (χ0) is 10.0. The van der Waals surface area contributed by atoms with E-state index in [9.17, 15) is 9.59 Å². The number of carbonyl (C=O) groups is 2. The van der Waals surface area contributed by atoms with Crippen LogP contribution in [0.25, 0.3) is 0 Å². The highest BCUT2D eigenvalue weighted by Crippen LogP contribution is 2.18. The zero-order valence-corrected chi connectivity index (χ0v) is 8.24. The van der Waals surface area contributed by atoms with Crippen LogP contribution in [0.1, 0.15) is 27.2 Å². The molecule has 0 aliphatic carbocycles. The molecule has 1 saturated heterocycles. The van der Waals surface area contributed by atoms with Crippen molar-refractivity contribution in [2.24, 2.45) is 5.92 Å². The standard InChI is InChI=1S/C9H15NO3/c1-6(2)4-8-9(12)13-5-10(8)7(3)11/h6,8H,4-5H2,1-3H3. The molecule has 0 radical (unpaired) electrons. The number of cyclic esters (lactones) is 1. The zero-order valence-electron chi connectivity index (χ0n) is 8.24. The Morgan fingerprint density at radius 2 is 2.31 bits per heavy atom. The summed E-state index contributed by atoms with van der Waals surface area (Å²) in [6, 6.07) is -0.363. The first-order valence-electron chi connectivity index (χ1n) is 4.46. The second kappa shape index (κ2) is 3.77. The monoisotopic (exact) mass is 185 g/mol. The molecule has 1 heterocycles. The van der Waals surface area contributed by atoms with Gasteiger partial charge in [-0.2, -0.15) is 0 Å². The van der Waals surface area contributed by atoms with Crippen LogP contribution in [-0.4, -0.2) is 29.5 Å². The largest absolute Gasteiger partial charge is 0.443 e. The van der Waals surface area contributed by atoms with Gasteiger partial charge < -0.3 is 4.74 Å². The van der Waals surface area contributed by atoms with Crippen LogP contribution in [0.15, 0.2) is 0 Å². The quantitative estimate of drug-likeness (QED) is 0.597. The van der Waals surface area contributed by atoms with Crippen molar-refractivity contribution in [3.63, 3.8) is 0 Å². The lowest BCUT2D eigenvalue weighted by Crippen LogP contribution is -2.37. The van der Waals surface area contributed by atoms with Crippen molar-refractivity contribution in [3.05, 3.63) is 0 Å². The highest BCUT2D eigenvalue weighted by Gasteiger charge is 2.36. The molecule has 0 saturated carbocycles. The molecule has 13 heavy (non-hydrogen) atoms. The molecule has 0 bridgehead atoms. The van der Waals surface area contributed by atoms with Crippen LogP contribution < -0.4 is 0 Å². The summed E-state index contributed by atoms with van der Waals surface area (Å²) in [5, 5.41) is 0. The first-order chi connectivity index (χ1) is 6.02. The van der Waals surface area contributed by atoms with Gasteiger partial charge in [0, 0.05) is 6.92 Å². The number of esters is 1. The van der Waals surface area contributed by atoms with Gasteiger partial charge in [-0.25, -0.2) is 4.79 Å². The van der Waals surface area contributed by atoms with Crippen molar-refractivity contribution in [2.75, 3.05) is 6.73 Å². The molecule has 0 aromatic rings. The van der Waals surface area contributed by atoms with E-state index >= 15 is 0 Å². The van der Waals surface area contributed by atoms with Crippen LogP contribution in [0.3, 0.4) is 0 Å². The maximum absolute atomic E-state index is 11.2. The van der Waals surface area contributed by atoms with Gasteiger partial charge >= 0.3 is 5.97 Å². The van der Waals surface area contributed by atoms with E-state index in [2.05, 4.69) is 0 Å². The molecule has 1 rings (SSSR count). The highest BCUT2D eigenvalue weighted by molar-refractivity contribution is 5.85. The maximum atomic E-state index is 11.2. The Labute approximate surface area is 77.8 Å². The molecule has 4 nitrogen and oxygen atoms in total. The van der Waals surface area contributed by atoms with E-state index in [1.165, 1.54) is 11.8 Å². The SMILES string of the molecule is CC(=O)N1COC(=O)C1CC(C)C. The molecule has 0 spiro atoms. The van der Waals surface area contributed by atoms with Crippen LogP contribution in [0.4, 0.5) is 0 Å². The van der Waals surface area contributed by atoms with E-state index < -0.39 is 0 Å². The second-order valence-electron chi connectivity index (χ2n) is 3.73. The van der Waals surface area contributed by atoms with Gasteiger partial charge in [-0.1, -0.05) is 13.8 Å². The Bertz CT molecular complexity index is 225. The maximum Gasteiger partial charge on any atom is 0.330 e. The van der Waals surface area contributed by atoms with Crippen LogP contribution in [0, 0.1) is 5.92 Å². The van der Waals surface area contributed by atoms with Crippen LogP contribution in [0.5, 0.6) is 0 Å². The van der Waals surface area contributed by atoms with Crippen molar-refractivity contribution in [2.45, 2.75) is 33.2 Å². The number of hydrogen-bond acceptors (Lipinski definition) is 3. The van der Waals surface area contributed by atoms with Crippen molar-refractivity contribution < 1.29 is 14.3 Å². The van der Waals surface area contributed by atoms with Gasteiger partial charge in [0.2, 0.25) is 5.91 Å². The number of amides is 1. The summed E-state index contributed by atoms with van der Waals surface area (Å²) in [6.07, 6.45) is 0.679. The van der Waals surface area contributed by atoms with Crippen LogP contribution >= 0.6 is 0 Å². The third kappa shape index (κ3) is 2.20. The van der Waals surface area contributed by atoms with E-state index in [0.29, 0.717) is 12.3 Å². The topological polar surface area (TPSA) is 46.6 Å². The number of carbonyl (C=O) groups excluding carboxylic acids is 2. The number of nitrogens with zero attached hydrogens (tertiary/aromatic N) is 1. The fourth-order valence-electron chi connectivity index (χ4n) is 1.43. The molecule has 1 aliphatic heterocycles. The minimum Gasteiger partial charge on any atom is -0.443 e. The highest BCUT2D eigenvalue weighted by atomic mass is 16.6. The first-order valence-corrected chi connectivity index (χ1v) is 4.46. The Balaban J connectivity index is 2.65. The van der Waals surface area contributed by atoms with Gasteiger partial charge in [0.25, 0.3) is 0 Å². The number of hydrogen-bond donors (Lipinski definition) is 0. The molecule has 0 aromatic carbocycles. The first kappa shape index (κ1) is 10.0. The van der Waals surface area contributed by atoms with Crippen molar-refractivity contribution in [1.82, 2.24) is 4.90 Å². The number of rotatable bonds is 2. The summed E-state index contributed by atoms with van der Waals surface area (Å²) >= 11 is 0. The number of ether oxygens (including phenoxy) is 1. The lowest BCUT2D eigenvalue weighted by atomic mass is 10.0. The van der Waals surface area contributed by atoms with Gasteiger partial charge in [0.1, 0.15) is 6.04 Å². The van der Waals surface area contributed by atoms with Gasteiger partial charge in [-0.05, 0) is 12.3 Å². The van der Waals surface area contributed by atoms with E-state index in [1.807, 2.05) is 13.8 Å². The fourth-order valence-corrected chi connectivity index (χ4v) is 1.43. The van der Waals surface area contributed by atoms with Crippen molar-refractivity contribution in [3.8, 4) is 0 Å². The third-order valence-electron chi connectivity index (χ3n) is 2.09. The van der Waals surface area contributed by atoms with Gasteiger partial charge in [-0.15, -0.1) is 0 Å². The smallest absolute Gasteiger partial charge is 0.330 e. The average Bonchev–Trinajstić information content (AvgIpc) is 2.32. The third-order valence-corrected chi connectivity index (χ3v) is 2.09. The molecule has 0 N–H and O–H groups in total. The Morgan fingerprint density at radius 1 is 1.69 bits per heavy atom. The average molecular weight is 185 g/mol. The lowest BCUT2D eigenvalue weighted by Gasteiger charge is -2.19. The predicted molar refractivity (Wildman–Crippen MR) is 46.7 cm³/mol. The van der Waals surface area contributed by atoms with Gasteiger partial charge in [0.15, 0.2) is 6.73 Å². The molecule has 0 aromatic heterocycles. The second-order valence-corrected chi connectivity index (χ2v) is 3.73. The summed E-state index contributed by atoms with van der Waals surface area (Å²) in [5.74, 6) is 0.0119. The molecule has 1 aliphatic rings. The fraction of sp³-hybridized carbons (Fsp3) is 0.778. The molecule has 1 fully saturated rings. The Hall–Kier alpha value is -1.06. The summed E-state index contributed by atoms with van der Waals surface area (Å²) in [5.41, 5.74) is 0. The van der Waals surface area contributed by atoms with Crippen LogP contribution in [-0.2, 0) is 14.3 Å². The van der Waals surface area contributed by atoms with E-state index in [0.717, 1.165) is 0 Å². The predicted octanol–water partition coefficient (Wildman–Crippen LogP) is 0.764. The molecule has 1 atom stereocenters. The van der Waals surface area contributed by atoms with E-state index in [-0.39, 0.29) is 24.6 Å². The van der Waals surface area contributed by atoms with Gasteiger partial charge in [-0.3, -0.25) is 9.69 Å². The molecule has 1 unspecified atom stereocenters. The summed E-state index contributed by atoms with van der Waals surface area (Å²) in [4.78, 5) is 23.8. The van der Waals surface area contributed by atoms with Crippen molar-refractivity contribution >= 4 is 11.9 Å². The summed E-state index contributed by atoms with van der Waals surface area (Å²) in [6.45, 7) is 5.61. The van der Waals surface area contributed by atoms with Gasteiger partial charge in [0.05, 0.1) is 0 Å². The Kier molecular flexibility index (Phi) is 2.90. The summed E-state index contributed by atoms with van der Waals surface area (Å²) < 4.78 is 4.81. The summed E-state index contributed by atoms with van der Waals surface area (Å²) in [7, 11) is 0. The molecular formula is C9H15NO3.